The zero-order valence-electron chi connectivity index (χ0n) is 20.1. The highest BCUT2D eigenvalue weighted by Gasteiger charge is 2.22. The maximum atomic E-state index is 13.5. The first-order valence-electron chi connectivity index (χ1n) is 11.3. The number of aromatic nitrogens is 3. The zero-order valence-corrected chi connectivity index (χ0v) is 20.9. The number of rotatable bonds is 5. The quantitative estimate of drug-likeness (QED) is 0.328. The number of ether oxygens (including phenoxy) is 1. The molecule has 0 aliphatic carbocycles. The van der Waals surface area contributed by atoms with E-state index in [0.717, 1.165) is 22.0 Å². The molecule has 2 N–H and O–H groups in total. The van der Waals surface area contributed by atoms with Crippen molar-refractivity contribution < 1.29 is 13.9 Å². The maximum absolute atomic E-state index is 13.5. The van der Waals surface area contributed by atoms with Gasteiger partial charge in [-0.2, -0.15) is 5.10 Å². The Morgan fingerprint density at radius 2 is 1.94 bits per heavy atom. The molecule has 1 unspecified atom stereocenters. The van der Waals surface area contributed by atoms with E-state index in [9.17, 15) is 9.59 Å². The number of amides is 1. The molecule has 0 radical (unpaired) electrons. The molecule has 8 nitrogen and oxygen atoms in total. The molecular formula is C27H23ClN4O4. The SMILES string of the molecule is Cc1cc(C(C)Oc2ccc(Cl)nc2C(N)=O)c2oc(-c3ccc4c(cnn4C)c3)c(C)c(=O)c2c1. The summed E-state index contributed by atoms with van der Waals surface area (Å²) in [6.45, 7) is 5.46. The van der Waals surface area contributed by atoms with E-state index in [1.807, 2.05) is 38.2 Å². The molecule has 0 bridgehead atoms. The molecule has 0 aliphatic rings. The van der Waals surface area contributed by atoms with Gasteiger partial charge in [0.05, 0.1) is 17.1 Å². The van der Waals surface area contributed by atoms with Crippen molar-refractivity contribution >= 4 is 39.4 Å². The molecule has 3 aromatic heterocycles. The average molecular weight is 503 g/mol. The van der Waals surface area contributed by atoms with Crippen LogP contribution in [0.15, 0.2) is 57.9 Å². The van der Waals surface area contributed by atoms with Gasteiger partial charge in [0.1, 0.15) is 22.6 Å². The molecule has 3 heterocycles. The molecule has 5 rings (SSSR count). The third-order valence-corrected chi connectivity index (χ3v) is 6.41. The molecule has 36 heavy (non-hydrogen) atoms. The lowest BCUT2D eigenvalue weighted by Gasteiger charge is -2.19. The molecule has 1 amide bonds. The van der Waals surface area contributed by atoms with Crippen molar-refractivity contribution in [3.8, 4) is 17.1 Å². The van der Waals surface area contributed by atoms with E-state index < -0.39 is 12.0 Å². The molecule has 182 valence electrons. The zero-order chi connectivity index (χ0) is 25.7. The maximum Gasteiger partial charge on any atom is 0.271 e. The second kappa shape index (κ2) is 8.80. The standard InChI is InChI=1S/C27H23ClN4O4/c1-13-9-18(15(3)35-21-7-8-22(28)31-23(21)27(29)34)26-19(10-13)24(33)14(2)25(36-26)16-5-6-20-17(11-16)12-30-32(20)4/h5-12,15H,1-4H3,(H2,29,34). The number of pyridine rings is 1. The molecule has 1 atom stereocenters. The summed E-state index contributed by atoms with van der Waals surface area (Å²) in [5, 5.41) is 5.81. The molecule has 0 fully saturated rings. The van der Waals surface area contributed by atoms with Crippen LogP contribution in [0.3, 0.4) is 0 Å². The van der Waals surface area contributed by atoms with Gasteiger partial charge in [-0.05, 0) is 68.8 Å². The van der Waals surface area contributed by atoms with Gasteiger partial charge in [0.2, 0.25) is 0 Å². The topological polar surface area (TPSA) is 113 Å². The lowest BCUT2D eigenvalue weighted by atomic mass is 9.99. The number of primary amides is 1. The van der Waals surface area contributed by atoms with Crippen LogP contribution in [0.4, 0.5) is 0 Å². The van der Waals surface area contributed by atoms with Gasteiger partial charge < -0.3 is 14.9 Å². The van der Waals surface area contributed by atoms with Crippen molar-refractivity contribution in [1.29, 1.82) is 0 Å². The fraction of sp³-hybridized carbons (Fsp3) is 0.185. The average Bonchev–Trinajstić information content (AvgIpc) is 3.22. The van der Waals surface area contributed by atoms with Gasteiger partial charge in [-0.3, -0.25) is 14.3 Å². The second-order valence-electron chi connectivity index (χ2n) is 8.76. The predicted octanol–water partition coefficient (Wildman–Crippen LogP) is 5.25. The van der Waals surface area contributed by atoms with Crippen LogP contribution in [0.1, 0.15) is 40.2 Å². The fourth-order valence-corrected chi connectivity index (χ4v) is 4.55. The Bertz CT molecular complexity index is 1740. The summed E-state index contributed by atoms with van der Waals surface area (Å²) in [5.41, 5.74) is 9.45. The third-order valence-electron chi connectivity index (χ3n) is 6.20. The van der Waals surface area contributed by atoms with Crippen LogP contribution in [0.2, 0.25) is 5.15 Å². The minimum Gasteiger partial charge on any atom is -0.483 e. The van der Waals surface area contributed by atoms with Gasteiger partial charge in [0.15, 0.2) is 16.9 Å². The summed E-state index contributed by atoms with van der Waals surface area (Å²) in [5.74, 6) is -0.101. The summed E-state index contributed by atoms with van der Waals surface area (Å²) in [6.07, 6.45) is 1.17. The largest absolute Gasteiger partial charge is 0.483 e. The van der Waals surface area contributed by atoms with Crippen LogP contribution in [-0.4, -0.2) is 20.7 Å². The van der Waals surface area contributed by atoms with E-state index in [1.54, 1.807) is 36.9 Å². The minimum absolute atomic E-state index is 0.0749. The van der Waals surface area contributed by atoms with Crippen LogP contribution in [0.25, 0.3) is 33.2 Å². The van der Waals surface area contributed by atoms with Crippen molar-refractivity contribution in [3.05, 3.63) is 86.4 Å². The number of hydrogen-bond acceptors (Lipinski definition) is 6. The van der Waals surface area contributed by atoms with Crippen molar-refractivity contribution in [1.82, 2.24) is 14.8 Å². The number of nitrogens with two attached hydrogens (primary N) is 1. The van der Waals surface area contributed by atoms with Crippen LogP contribution in [0.5, 0.6) is 5.75 Å². The molecule has 0 saturated carbocycles. The van der Waals surface area contributed by atoms with E-state index in [1.165, 1.54) is 6.07 Å². The van der Waals surface area contributed by atoms with Crippen LogP contribution < -0.4 is 15.9 Å². The van der Waals surface area contributed by atoms with Crippen LogP contribution >= 0.6 is 11.6 Å². The Morgan fingerprint density at radius 1 is 1.17 bits per heavy atom. The van der Waals surface area contributed by atoms with Gasteiger partial charge in [-0.15, -0.1) is 0 Å². The molecule has 2 aromatic carbocycles. The smallest absolute Gasteiger partial charge is 0.271 e. The molecule has 0 spiro atoms. The van der Waals surface area contributed by atoms with Gasteiger partial charge in [-0.1, -0.05) is 11.6 Å². The summed E-state index contributed by atoms with van der Waals surface area (Å²) < 4.78 is 14.3. The summed E-state index contributed by atoms with van der Waals surface area (Å²) in [6, 6.07) is 12.6. The van der Waals surface area contributed by atoms with Crippen LogP contribution in [0, 0.1) is 13.8 Å². The number of aryl methyl sites for hydroxylation is 2. The first-order valence-corrected chi connectivity index (χ1v) is 11.6. The predicted molar refractivity (Wildman–Crippen MR) is 138 cm³/mol. The first-order chi connectivity index (χ1) is 17.1. The summed E-state index contributed by atoms with van der Waals surface area (Å²) >= 11 is 5.93. The first kappa shape index (κ1) is 23.6. The van der Waals surface area contributed by atoms with Crippen molar-refractivity contribution in [2.24, 2.45) is 12.8 Å². The number of hydrogen-bond donors (Lipinski definition) is 1. The number of nitrogens with zero attached hydrogens (tertiary/aromatic N) is 3. The summed E-state index contributed by atoms with van der Waals surface area (Å²) in [4.78, 5) is 29.3. The Hall–Kier alpha value is -4.17. The van der Waals surface area contributed by atoms with E-state index in [2.05, 4.69) is 10.1 Å². The lowest BCUT2D eigenvalue weighted by Crippen LogP contribution is -2.17. The normalized spacial score (nSPS) is 12.2. The highest BCUT2D eigenvalue weighted by Crippen LogP contribution is 2.34. The minimum atomic E-state index is -0.760. The van der Waals surface area contributed by atoms with E-state index in [0.29, 0.717) is 27.9 Å². The molecule has 0 saturated heterocycles. The molecule has 9 heteroatoms. The monoisotopic (exact) mass is 502 g/mol. The van der Waals surface area contributed by atoms with Crippen molar-refractivity contribution in [2.45, 2.75) is 26.9 Å². The Morgan fingerprint density at radius 3 is 2.69 bits per heavy atom. The van der Waals surface area contributed by atoms with Crippen LogP contribution in [-0.2, 0) is 7.05 Å². The highest BCUT2D eigenvalue weighted by molar-refractivity contribution is 6.29. The fourth-order valence-electron chi connectivity index (χ4n) is 4.40. The molecule has 0 aliphatic heterocycles. The lowest BCUT2D eigenvalue weighted by molar-refractivity contribution is 0.0988. The Labute approximate surface area is 211 Å². The highest BCUT2D eigenvalue weighted by atomic mass is 35.5. The number of halogens is 1. The molecule has 5 aromatic rings. The number of fused-ring (bicyclic) bond motifs is 2. The second-order valence-corrected chi connectivity index (χ2v) is 9.15. The number of benzene rings is 2. The Balaban J connectivity index is 1.67. The van der Waals surface area contributed by atoms with Gasteiger partial charge in [0.25, 0.3) is 5.91 Å². The number of carbonyl (C=O) groups is 1. The van der Waals surface area contributed by atoms with E-state index in [-0.39, 0.29) is 22.0 Å². The van der Waals surface area contributed by atoms with Gasteiger partial charge in [-0.25, -0.2) is 4.98 Å². The van der Waals surface area contributed by atoms with Gasteiger partial charge in [0, 0.05) is 29.1 Å². The summed E-state index contributed by atoms with van der Waals surface area (Å²) in [7, 11) is 1.87. The van der Waals surface area contributed by atoms with Crippen molar-refractivity contribution in [2.75, 3.05) is 0 Å². The van der Waals surface area contributed by atoms with Gasteiger partial charge >= 0.3 is 0 Å². The third kappa shape index (κ3) is 3.99. The molecular weight excluding hydrogens is 480 g/mol. The number of carbonyl (C=O) groups excluding carboxylic acids is 1. The van der Waals surface area contributed by atoms with E-state index >= 15 is 0 Å². The Kier molecular flexibility index (Phi) is 5.76. The van der Waals surface area contributed by atoms with Crippen molar-refractivity contribution in [3.63, 3.8) is 0 Å². The van der Waals surface area contributed by atoms with E-state index in [4.69, 9.17) is 26.5 Å².